The van der Waals surface area contributed by atoms with Gasteiger partial charge in [0.15, 0.2) is 0 Å². The second-order valence-electron chi connectivity index (χ2n) is 6.33. The maximum Gasteiger partial charge on any atom is 0.310 e. The SMILES string of the molecule is CC(=O)OC[C@H]1C(OC(C)=O)=C[C@H]2COC(=O)[C@@H]2[C@H]1c1ccccc1. The Kier molecular flexibility index (Phi) is 4.88. The van der Waals surface area contributed by atoms with E-state index < -0.39 is 17.9 Å². The van der Waals surface area contributed by atoms with Crippen molar-refractivity contribution in [1.82, 2.24) is 0 Å². The van der Waals surface area contributed by atoms with Crippen molar-refractivity contribution >= 4 is 17.9 Å². The monoisotopic (exact) mass is 344 g/mol. The number of fused-ring (bicyclic) bond motifs is 1. The van der Waals surface area contributed by atoms with Gasteiger partial charge < -0.3 is 14.2 Å². The van der Waals surface area contributed by atoms with Gasteiger partial charge in [-0.15, -0.1) is 0 Å². The van der Waals surface area contributed by atoms with E-state index in [2.05, 4.69) is 0 Å². The Balaban J connectivity index is 2.04. The molecule has 0 aromatic heterocycles. The quantitative estimate of drug-likeness (QED) is 0.615. The van der Waals surface area contributed by atoms with E-state index in [1.165, 1.54) is 13.8 Å². The minimum atomic E-state index is -0.449. The average Bonchev–Trinajstić information content (AvgIpc) is 2.93. The Labute approximate surface area is 145 Å². The molecule has 0 saturated carbocycles. The molecule has 0 amide bonds. The molecule has 1 fully saturated rings. The normalized spacial score (nSPS) is 27.8. The number of carbonyl (C=O) groups is 3. The van der Waals surface area contributed by atoms with Crippen LogP contribution in [0.5, 0.6) is 0 Å². The number of rotatable bonds is 4. The summed E-state index contributed by atoms with van der Waals surface area (Å²) in [4.78, 5) is 35.2. The van der Waals surface area contributed by atoms with E-state index in [0.29, 0.717) is 5.76 Å². The van der Waals surface area contributed by atoms with Gasteiger partial charge in [0, 0.05) is 25.7 Å². The van der Waals surface area contributed by atoms with Crippen molar-refractivity contribution in [1.29, 1.82) is 0 Å². The smallest absolute Gasteiger partial charge is 0.310 e. The highest BCUT2D eigenvalue weighted by molar-refractivity contribution is 5.77. The molecule has 4 atom stereocenters. The molecule has 0 spiro atoms. The summed E-state index contributed by atoms with van der Waals surface area (Å²) in [5, 5.41) is 0. The number of benzene rings is 1. The maximum absolute atomic E-state index is 12.3. The molecule has 1 heterocycles. The Morgan fingerprint density at radius 2 is 1.84 bits per heavy atom. The molecule has 1 saturated heterocycles. The summed E-state index contributed by atoms with van der Waals surface area (Å²) >= 11 is 0. The van der Waals surface area contributed by atoms with Crippen molar-refractivity contribution in [3.63, 3.8) is 0 Å². The number of ether oxygens (including phenoxy) is 3. The van der Waals surface area contributed by atoms with Crippen molar-refractivity contribution in [2.24, 2.45) is 17.8 Å². The van der Waals surface area contributed by atoms with Crippen molar-refractivity contribution in [3.05, 3.63) is 47.7 Å². The summed E-state index contributed by atoms with van der Waals surface area (Å²) < 4.78 is 15.8. The van der Waals surface area contributed by atoms with Gasteiger partial charge in [0.1, 0.15) is 12.4 Å². The summed E-state index contributed by atoms with van der Waals surface area (Å²) in [5.74, 6) is -1.99. The predicted octanol–water partition coefficient (Wildman–Crippen LogP) is 2.20. The number of esters is 3. The average molecular weight is 344 g/mol. The zero-order valence-corrected chi connectivity index (χ0v) is 14.1. The molecule has 132 valence electrons. The third kappa shape index (κ3) is 3.57. The standard InChI is InChI=1S/C19H20O6/c1-11(20)23-10-15-16(25-12(2)21)8-14-9-24-19(22)18(14)17(15)13-6-4-3-5-7-13/h3-8,14-15,17-18H,9-10H2,1-2H3/t14-,15-,17-,18-/m0/s1. The lowest BCUT2D eigenvalue weighted by Crippen LogP contribution is -2.37. The predicted molar refractivity (Wildman–Crippen MR) is 87.1 cm³/mol. The minimum absolute atomic E-state index is 0.0322. The van der Waals surface area contributed by atoms with E-state index in [4.69, 9.17) is 14.2 Å². The molecule has 0 bridgehead atoms. The summed E-state index contributed by atoms with van der Waals surface area (Å²) in [6.07, 6.45) is 1.77. The Morgan fingerprint density at radius 1 is 1.12 bits per heavy atom. The zero-order valence-electron chi connectivity index (χ0n) is 14.1. The van der Waals surface area contributed by atoms with Gasteiger partial charge in [-0.2, -0.15) is 0 Å². The molecule has 1 aromatic carbocycles. The third-order valence-corrected chi connectivity index (χ3v) is 4.63. The number of hydrogen-bond donors (Lipinski definition) is 0. The fraction of sp³-hybridized carbons (Fsp3) is 0.421. The first kappa shape index (κ1) is 17.2. The molecular weight excluding hydrogens is 324 g/mol. The molecule has 6 heteroatoms. The first-order valence-corrected chi connectivity index (χ1v) is 8.22. The largest absolute Gasteiger partial charge is 0.465 e. The second kappa shape index (κ2) is 7.09. The van der Waals surface area contributed by atoms with Gasteiger partial charge in [0.2, 0.25) is 0 Å². The molecule has 6 nitrogen and oxygen atoms in total. The second-order valence-corrected chi connectivity index (χ2v) is 6.33. The van der Waals surface area contributed by atoms with Crippen LogP contribution < -0.4 is 0 Å². The van der Waals surface area contributed by atoms with E-state index >= 15 is 0 Å². The van der Waals surface area contributed by atoms with Gasteiger partial charge in [0.25, 0.3) is 0 Å². The van der Waals surface area contributed by atoms with E-state index in [1.807, 2.05) is 30.3 Å². The third-order valence-electron chi connectivity index (χ3n) is 4.63. The van der Waals surface area contributed by atoms with Crippen molar-refractivity contribution in [3.8, 4) is 0 Å². The van der Waals surface area contributed by atoms with E-state index in [1.54, 1.807) is 6.08 Å². The van der Waals surface area contributed by atoms with Crippen molar-refractivity contribution < 1.29 is 28.6 Å². The van der Waals surface area contributed by atoms with Crippen LogP contribution in [0.25, 0.3) is 0 Å². The fourth-order valence-corrected chi connectivity index (χ4v) is 3.66. The highest BCUT2D eigenvalue weighted by Gasteiger charge is 2.50. The van der Waals surface area contributed by atoms with Gasteiger partial charge in [-0.25, -0.2) is 0 Å². The van der Waals surface area contributed by atoms with Crippen LogP contribution in [0.3, 0.4) is 0 Å². The van der Waals surface area contributed by atoms with Crippen LogP contribution in [0.4, 0.5) is 0 Å². The van der Waals surface area contributed by atoms with Crippen LogP contribution in [0, 0.1) is 17.8 Å². The van der Waals surface area contributed by atoms with Crippen LogP contribution in [0.1, 0.15) is 25.3 Å². The lowest BCUT2D eigenvalue weighted by atomic mass is 9.68. The Morgan fingerprint density at radius 3 is 2.48 bits per heavy atom. The van der Waals surface area contributed by atoms with Gasteiger partial charge in [-0.05, 0) is 11.6 Å². The Bertz CT molecular complexity index is 708. The lowest BCUT2D eigenvalue weighted by Gasteiger charge is -2.36. The van der Waals surface area contributed by atoms with Crippen molar-refractivity contribution in [2.45, 2.75) is 19.8 Å². The lowest BCUT2D eigenvalue weighted by molar-refractivity contribution is -0.145. The minimum Gasteiger partial charge on any atom is -0.465 e. The zero-order chi connectivity index (χ0) is 18.0. The maximum atomic E-state index is 12.3. The molecule has 2 aliphatic rings. The molecule has 1 aliphatic carbocycles. The molecule has 0 N–H and O–H groups in total. The van der Waals surface area contributed by atoms with Crippen LogP contribution in [-0.2, 0) is 28.6 Å². The molecule has 3 rings (SSSR count). The summed E-state index contributed by atoms with van der Waals surface area (Å²) in [5.41, 5.74) is 0.922. The van der Waals surface area contributed by atoms with Crippen LogP contribution >= 0.6 is 0 Å². The molecular formula is C19H20O6. The van der Waals surface area contributed by atoms with Crippen LogP contribution in [0.2, 0.25) is 0 Å². The summed E-state index contributed by atoms with van der Waals surface area (Å²) in [6.45, 7) is 2.94. The molecule has 1 aliphatic heterocycles. The van der Waals surface area contributed by atoms with Gasteiger partial charge in [-0.1, -0.05) is 30.3 Å². The van der Waals surface area contributed by atoms with Gasteiger partial charge in [0.05, 0.1) is 18.4 Å². The number of cyclic esters (lactones) is 1. The summed E-state index contributed by atoms with van der Waals surface area (Å²) in [7, 11) is 0. The fourth-order valence-electron chi connectivity index (χ4n) is 3.66. The number of carbonyl (C=O) groups excluding carboxylic acids is 3. The highest BCUT2D eigenvalue weighted by atomic mass is 16.6. The Hall–Kier alpha value is -2.63. The first-order valence-electron chi connectivity index (χ1n) is 8.22. The molecule has 25 heavy (non-hydrogen) atoms. The topological polar surface area (TPSA) is 78.9 Å². The first-order chi connectivity index (χ1) is 12.0. The van der Waals surface area contributed by atoms with Gasteiger partial charge in [-0.3, -0.25) is 14.4 Å². The van der Waals surface area contributed by atoms with E-state index in [-0.39, 0.29) is 36.9 Å². The van der Waals surface area contributed by atoms with Crippen LogP contribution in [0.15, 0.2) is 42.2 Å². The molecule has 0 unspecified atom stereocenters. The van der Waals surface area contributed by atoms with Crippen LogP contribution in [-0.4, -0.2) is 31.1 Å². The summed E-state index contributed by atoms with van der Waals surface area (Å²) in [6, 6.07) is 9.50. The van der Waals surface area contributed by atoms with Crippen molar-refractivity contribution in [2.75, 3.05) is 13.2 Å². The van der Waals surface area contributed by atoms with Gasteiger partial charge >= 0.3 is 17.9 Å². The molecule has 0 radical (unpaired) electrons. The van der Waals surface area contributed by atoms with E-state index in [0.717, 1.165) is 5.56 Å². The number of hydrogen-bond acceptors (Lipinski definition) is 6. The van der Waals surface area contributed by atoms with E-state index in [9.17, 15) is 14.4 Å². The molecule has 1 aromatic rings. The highest BCUT2D eigenvalue weighted by Crippen LogP contribution is 2.48.